The molecule has 7 heteroatoms. The van der Waals surface area contributed by atoms with E-state index < -0.39 is 0 Å². The van der Waals surface area contributed by atoms with Crippen molar-refractivity contribution < 1.29 is 14.3 Å². The Balaban J connectivity index is 1.51. The number of fused-ring (bicyclic) bond motifs is 1. The van der Waals surface area contributed by atoms with E-state index in [2.05, 4.69) is 48.3 Å². The molecule has 172 valence electrons. The molecule has 0 radical (unpaired) electrons. The van der Waals surface area contributed by atoms with Crippen LogP contribution in [0.3, 0.4) is 0 Å². The number of nitrogens with one attached hydrogen (secondary N) is 2. The van der Waals surface area contributed by atoms with Gasteiger partial charge in [0.25, 0.3) is 0 Å². The Morgan fingerprint density at radius 2 is 1.97 bits per heavy atom. The highest BCUT2D eigenvalue weighted by Gasteiger charge is 2.45. The molecular formula is C24H38N4O3. The zero-order chi connectivity index (χ0) is 22.6. The molecule has 2 amide bonds. The summed E-state index contributed by atoms with van der Waals surface area (Å²) in [6.45, 7) is 9.60. The number of likely N-dealkylation sites (N-methyl/N-ethyl adjacent to an activating group) is 1. The summed E-state index contributed by atoms with van der Waals surface area (Å²) in [7, 11) is 3.75. The summed E-state index contributed by atoms with van der Waals surface area (Å²) in [6.07, 6.45) is 2.17. The van der Waals surface area contributed by atoms with Crippen LogP contribution >= 0.6 is 0 Å². The summed E-state index contributed by atoms with van der Waals surface area (Å²) >= 11 is 0. The standard InChI is InChI=1S/C24H38N4O3/c1-24(2,3)16-28-13-12-20-22(28)23(30)26-15-18(27(20)4)8-11-21(29)25-14-17-6-9-19(31-5)10-7-17/h6-7,9-10,18,20,22H,8,11-16H2,1-5H3,(H,25,29)(H,26,30). The van der Waals surface area contributed by atoms with E-state index in [4.69, 9.17) is 4.74 Å². The molecule has 3 atom stereocenters. The first-order chi connectivity index (χ1) is 14.7. The Morgan fingerprint density at radius 3 is 2.61 bits per heavy atom. The van der Waals surface area contributed by atoms with Gasteiger partial charge < -0.3 is 15.4 Å². The molecule has 0 spiro atoms. The number of nitrogens with zero attached hydrogens (tertiary/aromatic N) is 2. The molecular weight excluding hydrogens is 392 g/mol. The minimum absolute atomic E-state index is 0.0390. The summed E-state index contributed by atoms with van der Waals surface area (Å²) in [5, 5.41) is 6.14. The number of methoxy groups -OCH3 is 1. The van der Waals surface area contributed by atoms with Gasteiger partial charge in [-0.05, 0) is 43.0 Å². The van der Waals surface area contributed by atoms with Crippen LogP contribution in [0.1, 0.15) is 45.6 Å². The van der Waals surface area contributed by atoms with Crippen molar-refractivity contribution in [3.05, 3.63) is 29.8 Å². The van der Waals surface area contributed by atoms with E-state index in [0.717, 1.165) is 37.2 Å². The minimum Gasteiger partial charge on any atom is -0.497 e. The van der Waals surface area contributed by atoms with Crippen LogP contribution in [0.15, 0.2) is 24.3 Å². The molecule has 2 fully saturated rings. The minimum atomic E-state index is -0.0990. The quantitative estimate of drug-likeness (QED) is 0.692. The van der Waals surface area contributed by atoms with Gasteiger partial charge >= 0.3 is 0 Å². The first kappa shape index (κ1) is 23.5. The number of benzene rings is 1. The van der Waals surface area contributed by atoms with Gasteiger partial charge in [0.05, 0.1) is 7.11 Å². The number of likely N-dealkylation sites (tertiary alicyclic amines) is 1. The molecule has 0 aliphatic carbocycles. The fourth-order valence-corrected chi connectivity index (χ4v) is 4.77. The molecule has 3 rings (SSSR count). The lowest BCUT2D eigenvalue weighted by atomic mass is 9.95. The zero-order valence-electron chi connectivity index (χ0n) is 19.6. The second-order valence-corrected chi connectivity index (χ2v) is 10.1. The molecule has 0 saturated carbocycles. The van der Waals surface area contributed by atoms with E-state index in [1.165, 1.54) is 0 Å². The Kier molecular flexibility index (Phi) is 7.59. The van der Waals surface area contributed by atoms with Crippen LogP contribution in [0.5, 0.6) is 5.75 Å². The highest BCUT2D eigenvalue weighted by atomic mass is 16.5. The smallest absolute Gasteiger partial charge is 0.239 e. The lowest BCUT2D eigenvalue weighted by Gasteiger charge is -2.34. The summed E-state index contributed by atoms with van der Waals surface area (Å²) in [5.41, 5.74) is 1.20. The molecule has 3 unspecified atom stereocenters. The van der Waals surface area contributed by atoms with Crippen molar-refractivity contribution in [3.8, 4) is 5.75 Å². The fourth-order valence-electron chi connectivity index (χ4n) is 4.77. The molecule has 2 N–H and O–H groups in total. The van der Waals surface area contributed by atoms with Crippen LogP contribution in [-0.4, -0.2) is 73.5 Å². The number of hydrogen-bond acceptors (Lipinski definition) is 5. The fraction of sp³-hybridized carbons (Fsp3) is 0.667. The number of amides is 2. The number of carbonyl (C=O) groups excluding carboxylic acids is 2. The Labute approximate surface area is 186 Å². The highest BCUT2D eigenvalue weighted by Crippen LogP contribution is 2.30. The summed E-state index contributed by atoms with van der Waals surface area (Å²) < 4.78 is 5.16. The van der Waals surface area contributed by atoms with Crippen LogP contribution in [0.25, 0.3) is 0 Å². The third-order valence-corrected chi connectivity index (χ3v) is 6.38. The van der Waals surface area contributed by atoms with Crippen molar-refractivity contribution in [3.63, 3.8) is 0 Å². The van der Waals surface area contributed by atoms with E-state index in [1.807, 2.05) is 24.3 Å². The predicted molar refractivity (Wildman–Crippen MR) is 122 cm³/mol. The average molecular weight is 431 g/mol. The summed E-state index contributed by atoms with van der Waals surface area (Å²) in [6, 6.07) is 7.97. The lowest BCUT2D eigenvalue weighted by Crippen LogP contribution is -2.51. The number of rotatable bonds is 7. The normalized spacial score (nSPS) is 24.9. The lowest BCUT2D eigenvalue weighted by molar-refractivity contribution is -0.126. The van der Waals surface area contributed by atoms with E-state index in [-0.39, 0.29) is 35.4 Å². The van der Waals surface area contributed by atoms with Gasteiger partial charge in [0.1, 0.15) is 11.8 Å². The van der Waals surface area contributed by atoms with Gasteiger partial charge in [-0.1, -0.05) is 32.9 Å². The third kappa shape index (κ3) is 6.20. The van der Waals surface area contributed by atoms with Crippen molar-refractivity contribution in [2.45, 2.75) is 64.7 Å². The maximum Gasteiger partial charge on any atom is 0.239 e. The number of ether oxygens (including phenoxy) is 1. The van der Waals surface area contributed by atoms with Crippen molar-refractivity contribution in [1.82, 2.24) is 20.4 Å². The average Bonchev–Trinajstić information content (AvgIpc) is 3.08. The van der Waals surface area contributed by atoms with Gasteiger partial charge in [-0.3, -0.25) is 19.4 Å². The molecule has 7 nitrogen and oxygen atoms in total. The molecule has 2 heterocycles. The van der Waals surface area contributed by atoms with Gasteiger partial charge in [0.2, 0.25) is 11.8 Å². The van der Waals surface area contributed by atoms with Crippen LogP contribution in [0.2, 0.25) is 0 Å². The monoisotopic (exact) mass is 430 g/mol. The maximum atomic E-state index is 12.9. The summed E-state index contributed by atoms with van der Waals surface area (Å²) in [4.78, 5) is 30.0. The predicted octanol–water partition coefficient (Wildman–Crippen LogP) is 2.01. The van der Waals surface area contributed by atoms with E-state index in [0.29, 0.717) is 19.5 Å². The third-order valence-electron chi connectivity index (χ3n) is 6.38. The van der Waals surface area contributed by atoms with Crippen molar-refractivity contribution in [2.24, 2.45) is 5.41 Å². The van der Waals surface area contributed by atoms with Gasteiger partial charge in [-0.15, -0.1) is 0 Å². The van der Waals surface area contributed by atoms with Crippen LogP contribution in [0, 0.1) is 5.41 Å². The molecule has 31 heavy (non-hydrogen) atoms. The Hall–Kier alpha value is -2.12. The van der Waals surface area contributed by atoms with Gasteiger partial charge in [-0.2, -0.15) is 0 Å². The first-order valence-corrected chi connectivity index (χ1v) is 11.3. The van der Waals surface area contributed by atoms with E-state index in [9.17, 15) is 9.59 Å². The van der Waals surface area contributed by atoms with Crippen molar-refractivity contribution >= 4 is 11.8 Å². The van der Waals surface area contributed by atoms with Gasteiger partial charge in [-0.25, -0.2) is 0 Å². The van der Waals surface area contributed by atoms with Gasteiger partial charge in [0, 0.05) is 44.7 Å². The first-order valence-electron chi connectivity index (χ1n) is 11.3. The SMILES string of the molecule is COc1ccc(CNC(=O)CCC2CNC(=O)C3C(CCN3CC(C)(C)C)N2C)cc1. The van der Waals surface area contributed by atoms with E-state index >= 15 is 0 Å². The van der Waals surface area contributed by atoms with Crippen LogP contribution < -0.4 is 15.4 Å². The van der Waals surface area contributed by atoms with E-state index in [1.54, 1.807) is 7.11 Å². The van der Waals surface area contributed by atoms with Crippen molar-refractivity contribution in [2.75, 3.05) is 33.8 Å². The summed E-state index contributed by atoms with van der Waals surface area (Å²) in [5.74, 6) is 0.974. The van der Waals surface area contributed by atoms with Crippen LogP contribution in [-0.2, 0) is 16.1 Å². The molecule has 2 aliphatic heterocycles. The molecule has 0 aromatic heterocycles. The molecule has 1 aromatic rings. The number of carbonyl (C=O) groups is 2. The second kappa shape index (κ2) is 10.0. The van der Waals surface area contributed by atoms with Gasteiger partial charge in [0.15, 0.2) is 0 Å². The molecule has 1 aromatic carbocycles. The topological polar surface area (TPSA) is 73.9 Å². The van der Waals surface area contributed by atoms with Crippen LogP contribution in [0.4, 0.5) is 0 Å². The highest BCUT2D eigenvalue weighted by molar-refractivity contribution is 5.83. The zero-order valence-corrected chi connectivity index (χ0v) is 19.6. The molecule has 0 bridgehead atoms. The second-order valence-electron chi connectivity index (χ2n) is 10.1. The molecule has 2 aliphatic rings. The molecule has 2 saturated heterocycles. The maximum absolute atomic E-state index is 12.9. The Bertz CT molecular complexity index is 759. The van der Waals surface area contributed by atoms with Crippen molar-refractivity contribution in [1.29, 1.82) is 0 Å². The number of hydrogen-bond donors (Lipinski definition) is 2. The Morgan fingerprint density at radius 1 is 1.26 bits per heavy atom. The largest absolute Gasteiger partial charge is 0.497 e.